The monoisotopic (exact) mass is 138 g/mol. The lowest BCUT2D eigenvalue weighted by atomic mass is 9.98. The van der Waals surface area contributed by atoms with Crippen molar-refractivity contribution in [1.29, 1.82) is 0 Å². The van der Waals surface area contributed by atoms with E-state index in [0.29, 0.717) is 0 Å². The number of hydrogen-bond donors (Lipinski definition) is 0. The summed E-state index contributed by atoms with van der Waals surface area (Å²) in [4.78, 5) is 1.21. The van der Waals surface area contributed by atoms with E-state index in [1.54, 1.807) is 11.3 Å². The number of rotatable bonds is 0. The highest BCUT2D eigenvalue weighted by atomic mass is 32.1. The molecule has 0 aliphatic rings. The van der Waals surface area contributed by atoms with Crippen molar-refractivity contribution in [3.05, 3.63) is 16.3 Å². The maximum absolute atomic E-state index is 5.45. The van der Waals surface area contributed by atoms with Crippen molar-refractivity contribution in [3.63, 3.8) is 0 Å². The first-order chi connectivity index (χ1) is 4.30. The van der Waals surface area contributed by atoms with Crippen LogP contribution in [0.5, 0.6) is 0 Å². The molecule has 0 aliphatic heterocycles. The van der Waals surface area contributed by atoms with Gasteiger partial charge in [0.05, 0.1) is 0 Å². The van der Waals surface area contributed by atoms with Crippen LogP contribution in [0.25, 0.3) is 0 Å². The molecule has 1 rings (SSSR count). The van der Waals surface area contributed by atoms with Crippen LogP contribution in [-0.4, -0.2) is 7.85 Å². The van der Waals surface area contributed by atoms with Crippen molar-refractivity contribution < 1.29 is 0 Å². The summed E-state index contributed by atoms with van der Waals surface area (Å²) in [6.07, 6.45) is 0. The van der Waals surface area contributed by atoms with E-state index in [1.807, 2.05) is 32.2 Å². The highest BCUT2D eigenvalue weighted by molar-refractivity contribution is 7.10. The van der Waals surface area contributed by atoms with Gasteiger partial charge in [0.2, 0.25) is 0 Å². The molecule has 2 heteroatoms. The van der Waals surface area contributed by atoms with Gasteiger partial charge in [0, 0.05) is 0 Å². The summed E-state index contributed by atoms with van der Waals surface area (Å²) >= 11 is 1.68. The zero-order valence-corrected chi connectivity index (χ0v) is 6.96. The molecule has 1 aromatic rings. The first-order valence-corrected chi connectivity index (χ1v) is 3.98. The van der Waals surface area contributed by atoms with E-state index in [9.17, 15) is 0 Å². The van der Waals surface area contributed by atoms with Crippen molar-refractivity contribution in [3.8, 4) is 0 Å². The molecule has 0 saturated carbocycles. The van der Waals surface area contributed by atoms with Crippen LogP contribution >= 0.6 is 11.3 Å². The van der Waals surface area contributed by atoms with Crippen molar-refractivity contribution >= 4 is 24.6 Å². The lowest BCUT2D eigenvalue weighted by molar-refractivity contribution is 1.50. The Bertz CT molecular complexity index is 141. The third kappa shape index (κ3) is 2.71. The van der Waals surface area contributed by atoms with Crippen molar-refractivity contribution in [2.24, 2.45) is 0 Å². The third-order valence-electron chi connectivity index (χ3n) is 0.899. The summed E-state index contributed by atoms with van der Waals surface area (Å²) in [5.41, 5.74) is 0.907. The Morgan fingerprint density at radius 3 is 2.11 bits per heavy atom. The summed E-state index contributed by atoms with van der Waals surface area (Å²) in [7, 11) is 5.45. The Labute approximate surface area is 62.3 Å². The van der Waals surface area contributed by atoms with Gasteiger partial charge in [-0.3, -0.25) is 0 Å². The molecule has 9 heavy (non-hydrogen) atoms. The van der Waals surface area contributed by atoms with Gasteiger partial charge in [-0.25, -0.2) is 0 Å². The van der Waals surface area contributed by atoms with Gasteiger partial charge in [0.1, 0.15) is 7.85 Å². The van der Waals surface area contributed by atoms with Gasteiger partial charge < -0.3 is 0 Å². The largest absolute Gasteiger partial charge is 0.150 e. The smallest absolute Gasteiger partial charge is 0.115 e. The molecule has 0 aromatic carbocycles. The van der Waals surface area contributed by atoms with Gasteiger partial charge in [0.25, 0.3) is 0 Å². The molecule has 0 atom stereocenters. The standard InChI is InChI=1S/C5H5BS.C2H6/c1-4-5(6)2-3-7-4;1-2/h2-3H,1H3;1-2H3. The van der Waals surface area contributed by atoms with Crippen LogP contribution in [0.1, 0.15) is 18.7 Å². The normalized spacial score (nSPS) is 7.89. The SMILES string of the molecule is CC.[B]c1ccsc1C. The molecule has 1 aromatic heterocycles. The highest BCUT2D eigenvalue weighted by Gasteiger charge is 1.86. The predicted molar refractivity (Wildman–Crippen MR) is 45.8 cm³/mol. The van der Waals surface area contributed by atoms with Crippen molar-refractivity contribution in [1.82, 2.24) is 0 Å². The molecule has 0 unspecified atom stereocenters. The Hall–Kier alpha value is -0.235. The van der Waals surface area contributed by atoms with Crippen LogP contribution in [0.4, 0.5) is 0 Å². The lowest BCUT2D eigenvalue weighted by Crippen LogP contribution is -1.98. The fourth-order valence-corrected chi connectivity index (χ4v) is 1.02. The fourth-order valence-electron chi connectivity index (χ4n) is 0.395. The molecule has 0 aliphatic carbocycles. The van der Waals surface area contributed by atoms with Crippen LogP contribution in [0, 0.1) is 6.92 Å². The van der Waals surface area contributed by atoms with E-state index in [2.05, 4.69) is 0 Å². The molecule has 0 amide bonds. The molecule has 48 valence electrons. The average molecular weight is 138 g/mol. The molecule has 1 heterocycles. The summed E-state index contributed by atoms with van der Waals surface area (Å²) < 4.78 is 0. The Kier molecular flexibility index (Phi) is 4.50. The molecule has 0 bridgehead atoms. The third-order valence-corrected chi connectivity index (χ3v) is 1.76. The Balaban J connectivity index is 0.000000291. The minimum absolute atomic E-state index is 0.907. The van der Waals surface area contributed by atoms with E-state index in [1.165, 1.54) is 4.88 Å². The predicted octanol–water partition coefficient (Wildman–Crippen LogP) is 1.88. The Morgan fingerprint density at radius 1 is 1.44 bits per heavy atom. The molecule has 0 saturated heterocycles. The van der Waals surface area contributed by atoms with Gasteiger partial charge >= 0.3 is 0 Å². The average Bonchev–Trinajstić information content (AvgIpc) is 2.23. The second kappa shape index (κ2) is 4.63. The van der Waals surface area contributed by atoms with Gasteiger partial charge in [-0.1, -0.05) is 25.4 Å². The van der Waals surface area contributed by atoms with Crippen molar-refractivity contribution in [2.75, 3.05) is 0 Å². The quantitative estimate of drug-likeness (QED) is 0.480. The molecule has 2 radical (unpaired) electrons. The van der Waals surface area contributed by atoms with Crippen LogP contribution < -0.4 is 5.46 Å². The number of thiophene rings is 1. The second-order valence-electron chi connectivity index (χ2n) is 1.43. The number of aryl methyl sites for hydroxylation is 1. The van der Waals surface area contributed by atoms with Gasteiger partial charge in [-0.05, 0) is 17.2 Å². The van der Waals surface area contributed by atoms with Gasteiger partial charge in [-0.15, -0.1) is 11.3 Å². The molecular formula is C7H11BS. The van der Waals surface area contributed by atoms with E-state index in [0.717, 1.165) is 5.46 Å². The summed E-state index contributed by atoms with van der Waals surface area (Å²) in [5, 5.41) is 1.99. The van der Waals surface area contributed by atoms with E-state index < -0.39 is 0 Å². The zero-order valence-electron chi connectivity index (χ0n) is 6.14. The maximum Gasteiger partial charge on any atom is 0.115 e. The first-order valence-electron chi connectivity index (χ1n) is 3.10. The molecule has 0 N–H and O–H groups in total. The fraction of sp³-hybridized carbons (Fsp3) is 0.429. The molecule has 0 nitrogen and oxygen atoms in total. The van der Waals surface area contributed by atoms with Gasteiger partial charge in [0.15, 0.2) is 0 Å². The van der Waals surface area contributed by atoms with E-state index >= 15 is 0 Å². The van der Waals surface area contributed by atoms with Crippen LogP contribution in [0.3, 0.4) is 0 Å². The van der Waals surface area contributed by atoms with Crippen LogP contribution in [0.2, 0.25) is 0 Å². The van der Waals surface area contributed by atoms with Gasteiger partial charge in [-0.2, -0.15) is 0 Å². The molecule has 0 fully saturated rings. The zero-order chi connectivity index (χ0) is 7.28. The first kappa shape index (κ1) is 8.76. The van der Waals surface area contributed by atoms with E-state index in [4.69, 9.17) is 7.85 Å². The maximum atomic E-state index is 5.45. The minimum Gasteiger partial charge on any atom is -0.150 e. The topological polar surface area (TPSA) is 0 Å². The lowest BCUT2D eigenvalue weighted by Gasteiger charge is -1.80. The van der Waals surface area contributed by atoms with Crippen LogP contribution in [0.15, 0.2) is 11.4 Å². The highest BCUT2D eigenvalue weighted by Crippen LogP contribution is 2.00. The molecule has 0 spiro atoms. The second-order valence-corrected chi connectivity index (χ2v) is 2.55. The molecular weight excluding hydrogens is 127 g/mol. The van der Waals surface area contributed by atoms with E-state index in [-0.39, 0.29) is 0 Å². The summed E-state index contributed by atoms with van der Waals surface area (Å²) in [6, 6.07) is 1.92. The minimum atomic E-state index is 0.907. The van der Waals surface area contributed by atoms with Crippen LogP contribution in [-0.2, 0) is 0 Å². The number of hydrogen-bond acceptors (Lipinski definition) is 1. The summed E-state index contributed by atoms with van der Waals surface area (Å²) in [6.45, 7) is 6.01. The Morgan fingerprint density at radius 2 is 2.00 bits per heavy atom. The van der Waals surface area contributed by atoms with Crippen molar-refractivity contribution in [2.45, 2.75) is 20.8 Å². The summed E-state index contributed by atoms with van der Waals surface area (Å²) in [5.74, 6) is 0.